The van der Waals surface area contributed by atoms with E-state index >= 15 is 0 Å². The first-order valence-electron chi connectivity index (χ1n) is 11.1. The molecule has 0 amide bonds. The van der Waals surface area contributed by atoms with Crippen molar-refractivity contribution in [2.24, 2.45) is 0 Å². The first kappa shape index (κ1) is 24.6. The Bertz CT molecular complexity index is 1350. The minimum atomic E-state index is -4.03. The molecule has 3 aromatic rings. The Balaban J connectivity index is 1.53. The van der Waals surface area contributed by atoms with Crippen LogP contribution in [0.4, 0.5) is 0 Å². The van der Waals surface area contributed by atoms with Crippen molar-refractivity contribution in [2.45, 2.75) is 49.6 Å². The second-order valence-corrected chi connectivity index (χ2v) is 10.2. The number of ether oxygens (including phenoxy) is 1. The molecule has 0 unspecified atom stereocenters. The number of carbonyl (C=O) groups is 2. The number of hydrogen-bond acceptors (Lipinski definition) is 7. The number of esters is 1. The Morgan fingerprint density at radius 1 is 1.23 bits per heavy atom. The van der Waals surface area contributed by atoms with Gasteiger partial charge < -0.3 is 9.84 Å². The van der Waals surface area contributed by atoms with Crippen LogP contribution < -0.4 is 4.72 Å². The summed E-state index contributed by atoms with van der Waals surface area (Å²) in [6, 6.07) is 10.0. The van der Waals surface area contributed by atoms with Gasteiger partial charge in [-0.25, -0.2) is 17.9 Å². The van der Waals surface area contributed by atoms with Crippen LogP contribution in [0.2, 0.25) is 0 Å². The van der Waals surface area contributed by atoms with Crippen molar-refractivity contribution in [3.8, 4) is 0 Å². The van der Waals surface area contributed by atoms with Crippen molar-refractivity contribution >= 4 is 22.0 Å². The predicted molar refractivity (Wildman–Crippen MR) is 126 cm³/mol. The van der Waals surface area contributed by atoms with Gasteiger partial charge in [-0.15, -0.1) is 5.10 Å². The molecule has 0 spiro atoms. The van der Waals surface area contributed by atoms with Gasteiger partial charge >= 0.3 is 11.9 Å². The summed E-state index contributed by atoms with van der Waals surface area (Å²) in [5.41, 5.74) is 3.76. The summed E-state index contributed by atoms with van der Waals surface area (Å²) >= 11 is 0. The number of sulfonamides is 1. The van der Waals surface area contributed by atoms with Crippen LogP contribution in [0.3, 0.4) is 0 Å². The molecule has 1 heterocycles. The van der Waals surface area contributed by atoms with Crippen molar-refractivity contribution in [2.75, 3.05) is 7.11 Å². The van der Waals surface area contributed by atoms with Gasteiger partial charge in [-0.2, -0.15) is 4.72 Å². The number of methoxy groups -OCH3 is 1. The quantitative estimate of drug-likeness (QED) is 0.451. The molecule has 10 nitrogen and oxygen atoms in total. The van der Waals surface area contributed by atoms with Crippen LogP contribution in [-0.2, 0) is 32.4 Å². The van der Waals surface area contributed by atoms with Gasteiger partial charge in [0.15, 0.2) is 0 Å². The third kappa shape index (κ3) is 5.41. The van der Waals surface area contributed by atoms with E-state index in [2.05, 4.69) is 15.0 Å². The maximum Gasteiger partial charge on any atom is 0.337 e. The Kier molecular flexibility index (Phi) is 6.99. The molecule has 1 aromatic heterocycles. The van der Waals surface area contributed by atoms with E-state index in [1.54, 1.807) is 29.1 Å². The zero-order chi connectivity index (χ0) is 25.2. The van der Waals surface area contributed by atoms with E-state index in [1.807, 2.05) is 19.1 Å². The SMILES string of the molecule is COC(=O)c1ccc2c(c1)CCC[C@H]2n1cc(C[C@@H](NS(=O)(=O)c2ccc(C)cc2)C(=O)O)nn1. The highest BCUT2D eigenvalue weighted by atomic mass is 32.2. The Morgan fingerprint density at radius 2 is 1.97 bits per heavy atom. The van der Waals surface area contributed by atoms with Crippen LogP contribution >= 0.6 is 0 Å². The molecule has 11 heteroatoms. The van der Waals surface area contributed by atoms with Gasteiger partial charge in [0.1, 0.15) is 6.04 Å². The zero-order valence-corrected chi connectivity index (χ0v) is 20.2. The van der Waals surface area contributed by atoms with Crippen LogP contribution in [0.25, 0.3) is 0 Å². The molecule has 1 aliphatic rings. The molecule has 184 valence electrons. The minimum absolute atomic E-state index is 0.0110. The predicted octanol–water partition coefficient (Wildman–Crippen LogP) is 2.27. The normalized spacial score (nSPS) is 16.3. The molecule has 2 aromatic carbocycles. The van der Waals surface area contributed by atoms with Crippen molar-refractivity contribution in [3.63, 3.8) is 0 Å². The number of aliphatic carboxylic acids is 1. The topological polar surface area (TPSA) is 140 Å². The fourth-order valence-corrected chi connectivity index (χ4v) is 5.42. The van der Waals surface area contributed by atoms with Gasteiger partial charge in [0.25, 0.3) is 0 Å². The number of nitrogens with zero attached hydrogens (tertiary/aromatic N) is 3. The molecule has 4 rings (SSSR count). The van der Waals surface area contributed by atoms with Gasteiger partial charge in [0, 0.05) is 12.6 Å². The summed E-state index contributed by atoms with van der Waals surface area (Å²) < 4.78 is 34.1. The maximum absolute atomic E-state index is 12.7. The van der Waals surface area contributed by atoms with Crippen molar-refractivity contribution < 1.29 is 27.9 Å². The number of aromatic nitrogens is 3. The largest absolute Gasteiger partial charge is 0.480 e. The third-order valence-electron chi connectivity index (χ3n) is 6.06. The summed E-state index contributed by atoms with van der Waals surface area (Å²) in [6.45, 7) is 1.83. The summed E-state index contributed by atoms with van der Waals surface area (Å²) in [4.78, 5) is 23.7. The average Bonchev–Trinajstić information content (AvgIpc) is 3.30. The van der Waals surface area contributed by atoms with Gasteiger partial charge in [0.2, 0.25) is 10.0 Å². The molecule has 1 aliphatic carbocycles. The molecule has 0 saturated heterocycles. The highest BCUT2D eigenvalue weighted by Gasteiger charge is 2.28. The first-order valence-corrected chi connectivity index (χ1v) is 12.6. The number of hydrogen-bond donors (Lipinski definition) is 2. The molecule has 0 fully saturated rings. The lowest BCUT2D eigenvalue weighted by Gasteiger charge is -2.25. The molecule has 2 N–H and O–H groups in total. The number of aryl methyl sites for hydroxylation is 2. The molecular formula is C24H26N4O6S. The van der Waals surface area contributed by atoms with E-state index < -0.39 is 28.0 Å². The van der Waals surface area contributed by atoms with E-state index in [1.165, 1.54) is 19.2 Å². The van der Waals surface area contributed by atoms with Gasteiger partial charge in [-0.3, -0.25) is 4.79 Å². The lowest BCUT2D eigenvalue weighted by atomic mass is 9.86. The molecule has 0 bridgehead atoms. The van der Waals surface area contributed by atoms with Gasteiger partial charge in [0.05, 0.1) is 29.3 Å². The highest BCUT2D eigenvalue weighted by Crippen LogP contribution is 2.33. The third-order valence-corrected chi connectivity index (χ3v) is 7.55. The zero-order valence-electron chi connectivity index (χ0n) is 19.3. The summed E-state index contributed by atoms with van der Waals surface area (Å²) in [5.74, 6) is -1.71. The number of nitrogens with one attached hydrogen (secondary N) is 1. The molecule has 2 atom stereocenters. The summed E-state index contributed by atoms with van der Waals surface area (Å²) in [6.07, 6.45) is 3.98. The van der Waals surface area contributed by atoms with Crippen molar-refractivity contribution in [1.29, 1.82) is 0 Å². The smallest absolute Gasteiger partial charge is 0.337 e. The molecule has 0 saturated carbocycles. The van der Waals surface area contributed by atoms with Crippen LogP contribution in [0.15, 0.2) is 53.6 Å². The number of carboxylic acid groups (broad SMARTS) is 1. The van der Waals surface area contributed by atoms with E-state index in [-0.39, 0.29) is 17.4 Å². The number of fused-ring (bicyclic) bond motifs is 1. The maximum atomic E-state index is 12.7. The second-order valence-electron chi connectivity index (χ2n) is 8.53. The van der Waals surface area contributed by atoms with Crippen LogP contribution in [0.5, 0.6) is 0 Å². The molecular weight excluding hydrogens is 472 g/mol. The highest BCUT2D eigenvalue weighted by molar-refractivity contribution is 7.89. The number of carbonyl (C=O) groups excluding carboxylic acids is 1. The monoisotopic (exact) mass is 498 g/mol. The van der Waals surface area contributed by atoms with Gasteiger partial charge in [-0.05, 0) is 61.6 Å². The first-order chi connectivity index (χ1) is 16.7. The number of benzene rings is 2. The number of carboxylic acids is 1. The fraction of sp³-hybridized carbons (Fsp3) is 0.333. The lowest BCUT2D eigenvalue weighted by molar-refractivity contribution is -0.138. The molecule has 0 aliphatic heterocycles. The fourth-order valence-electron chi connectivity index (χ4n) is 4.23. The molecule has 0 radical (unpaired) electrons. The Labute approximate surface area is 203 Å². The second kappa shape index (κ2) is 9.96. The van der Waals surface area contributed by atoms with Crippen molar-refractivity contribution in [3.05, 3.63) is 76.6 Å². The average molecular weight is 499 g/mol. The Hall–Kier alpha value is -3.57. The van der Waals surface area contributed by atoms with Crippen LogP contribution in [0.1, 0.15) is 51.6 Å². The van der Waals surface area contributed by atoms with Crippen molar-refractivity contribution in [1.82, 2.24) is 19.7 Å². The summed E-state index contributed by atoms with van der Waals surface area (Å²) in [5, 5.41) is 17.9. The lowest BCUT2D eigenvalue weighted by Crippen LogP contribution is -2.42. The standard InChI is InChI=1S/C24H26N4O6S/c1-15-6-9-19(10-7-15)35(32,33)26-21(23(29)30)13-18-14-28(27-25-18)22-5-3-4-16-12-17(24(31)34-2)8-11-20(16)22/h6-12,14,21-22,26H,3-5,13H2,1-2H3,(H,29,30)/t21-,22-/m1/s1. The number of rotatable bonds is 8. The van der Waals surface area contributed by atoms with E-state index in [9.17, 15) is 23.1 Å². The van der Waals surface area contributed by atoms with E-state index in [0.29, 0.717) is 11.3 Å². The Morgan fingerprint density at radius 3 is 2.66 bits per heavy atom. The minimum Gasteiger partial charge on any atom is -0.480 e. The summed E-state index contributed by atoms with van der Waals surface area (Å²) in [7, 11) is -2.69. The van der Waals surface area contributed by atoms with E-state index in [0.717, 1.165) is 36.0 Å². The van der Waals surface area contributed by atoms with Crippen LogP contribution in [0, 0.1) is 6.92 Å². The molecule has 35 heavy (non-hydrogen) atoms. The van der Waals surface area contributed by atoms with Gasteiger partial charge in [-0.1, -0.05) is 29.0 Å². The van der Waals surface area contributed by atoms with E-state index in [4.69, 9.17) is 4.74 Å². The van der Waals surface area contributed by atoms with Crippen LogP contribution in [-0.4, -0.2) is 53.6 Å².